The van der Waals surface area contributed by atoms with Crippen LogP contribution in [-0.2, 0) is 24.7 Å². The zero-order valence-corrected chi connectivity index (χ0v) is 17.1. The van der Waals surface area contributed by atoms with E-state index in [9.17, 15) is 21.6 Å². The molecule has 0 saturated carbocycles. The monoisotopic (exact) mass is 442 g/mol. The Balaban J connectivity index is 1.90. The molecule has 0 aromatic heterocycles. The van der Waals surface area contributed by atoms with E-state index in [0.717, 1.165) is 23.0 Å². The number of rotatable bonds is 4. The third kappa shape index (κ3) is 4.15. The Hall–Kier alpha value is -2.51. The molecule has 0 aliphatic carbocycles. The summed E-state index contributed by atoms with van der Waals surface area (Å²) in [4.78, 5) is 16.1. The molecular formula is C15H14N4O6S3. The van der Waals surface area contributed by atoms with Crippen LogP contribution in [0.25, 0.3) is 6.08 Å². The normalized spacial score (nSPS) is 18.8. The summed E-state index contributed by atoms with van der Waals surface area (Å²) < 4.78 is 50.7. The van der Waals surface area contributed by atoms with Gasteiger partial charge in [0.15, 0.2) is 5.84 Å². The van der Waals surface area contributed by atoms with Crippen LogP contribution in [0.3, 0.4) is 0 Å². The first-order chi connectivity index (χ1) is 13.0. The number of nitrogens with one attached hydrogen (secondary N) is 1. The molecule has 2 aliphatic rings. The number of hydrazone groups is 1. The fraction of sp³-hybridized carbons (Fsp3) is 0.200. The fourth-order valence-corrected chi connectivity index (χ4v) is 4.81. The van der Waals surface area contributed by atoms with E-state index in [4.69, 9.17) is 9.59 Å². The van der Waals surface area contributed by atoms with Gasteiger partial charge in [0.1, 0.15) is 5.75 Å². The van der Waals surface area contributed by atoms with Crippen molar-refractivity contribution in [2.75, 3.05) is 12.0 Å². The van der Waals surface area contributed by atoms with Gasteiger partial charge in [0.2, 0.25) is 19.4 Å². The number of nitrogens with zero attached hydrogens (tertiary/aromatic N) is 3. The average Bonchev–Trinajstić information content (AvgIpc) is 3.04. The van der Waals surface area contributed by atoms with Crippen molar-refractivity contribution >= 4 is 59.1 Å². The molecule has 2 aliphatic heterocycles. The number of fused-ring (bicyclic) bond motifs is 1. The molecule has 3 rings (SSSR count). The third-order valence-electron chi connectivity index (χ3n) is 3.52. The SMILES string of the molecule is CCS(=O)(=O)C1=NN2C(=N)/C(=C/c3ccc(OS(C)(=O)=O)cc3)C(=O)N=C2S1. The highest BCUT2D eigenvalue weighted by atomic mass is 32.3. The number of amidine groups is 2. The van der Waals surface area contributed by atoms with Crippen molar-refractivity contribution in [2.45, 2.75) is 6.92 Å². The smallest absolute Gasteiger partial charge is 0.306 e. The molecule has 13 heteroatoms. The molecule has 2 heterocycles. The number of aliphatic imine (C=N–C) groups is 1. The molecule has 148 valence electrons. The van der Waals surface area contributed by atoms with Gasteiger partial charge < -0.3 is 4.18 Å². The highest BCUT2D eigenvalue weighted by molar-refractivity contribution is 8.42. The maximum absolute atomic E-state index is 12.3. The van der Waals surface area contributed by atoms with Crippen LogP contribution < -0.4 is 4.18 Å². The van der Waals surface area contributed by atoms with Crippen LogP contribution in [-0.4, -0.2) is 55.1 Å². The molecule has 1 aromatic carbocycles. The van der Waals surface area contributed by atoms with Crippen molar-refractivity contribution in [2.24, 2.45) is 10.1 Å². The number of hydrogen-bond donors (Lipinski definition) is 1. The topological polar surface area (TPSA) is 146 Å². The van der Waals surface area contributed by atoms with Crippen molar-refractivity contribution in [3.63, 3.8) is 0 Å². The molecule has 0 bridgehead atoms. The number of hydrogen-bond acceptors (Lipinski definition) is 9. The van der Waals surface area contributed by atoms with Gasteiger partial charge in [0.05, 0.1) is 17.6 Å². The lowest BCUT2D eigenvalue weighted by atomic mass is 10.1. The zero-order valence-electron chi connectivity index (χ0n) is 14.6. The van der Waals surface area contributed by atoms with E-state index in [1.807, 2.05) is 0 Å². The highest BCUT2D eigenvalue weighted by Gasteiger charge is 2.39. The van der Waals surface area contributed by atoms with Gasteiger partial charge in [-0.2, -0.15) is 18.4 Å². The Labute approximate surface area is 165 Å². The standard InChI is InChI=1S/C15H14N4O6S3/c1-3-28(23,24)15-18-19-12(16)11(13(20)17-14(19)26-15)8-9-4-6-10(7-5-9)25-27(2,21)22/h4-8,16H,3H2,1-2H3/b11-8-,16-12?. The van der Waals surface area contributed by atoms with Crippen molar-refractivity contribution in [3.05, 3.63) is 35.4 Å². The van der Waals surface area contributed by atoms with E-state index in [1.54, 1.807) is 0 Å². The van der Waals surface area contributed by atoms with Crippen LogP contribution in [0.2, 0.25) is 0 Å². The van der Waals surface area contributed by atoms with Gasteiger partial charge in [-0.25, -0.2) is 8.42 Å². The largest absolute Gasteiger partial charge is 0.383 e. The summed E-state index contributed by atoms with van der Waals surface area (Å²) in [6.45, 7) is 1.47. The predicted molar refractivity (Wildman–Crippen MR) is 106 cm³/mol. The summed E-state index contributed by atoms with van der Waals surface area (Å²) in [5.41, 5.74) is 0.407. The second-order valence-electron chi connectivity index (χ2n) is 5.65. The zero-order chi connectivity index (χ0) is 20.7. The first-order valence-corrected chi connectivity index (χ1v) is 12.0. The van der Waals surface area contributed by atoms with Crippen LogP contribution >= 0.6 is 11.8 Å². The lowest BCUT2D eigenvalue weighted by Crippen LogP contribution is -2.35. The van der Waals surface area contributed by atoms with Crippen molar-refractivity contribution in [1.29, 1.82) is 5.41 Å². The summed E-state index contributed by atoms with van der Waals surface area (Å²) in [5.74, 6) is -1.07. The van der Waals surface area contributed by atoms with Gasteiger partial charge in [-0.15, -0.1) is 5.10 Å². The van der Waals surface area contributed by atoms with E-state index in [-0.39, 0.29) is 32.5 Å². The maximum atomic E-state index is 12.3. The number of amides is 1. The number of thioether (sulfide) groups is 1. The lowest BCUT2D eigenvalue weighted by Gasteiger charge is -2.20. The van der Waals surface area contributed by atoms with Gasteiger partial charge in [0.25, 0.3) is 5.91 Å². The first kappa shape index (κ1) is 20.2. The first-order valence-electron chi connectivity index (χ1n) is 7.72. The van der Waals surface area contributed by atoms with Crippen LogP contribution in [0, 0.1) is 5.41 Å². The fourth-order valence-electron chi connectivity index (χ4n) is 2.18. The molecule has 28 heavy (non-hydrogen) atoms. The Morgan fingerprint density at radius 2 is 1.86 bits per heavy atom. The molecule has 1 N–H and O–H groups in total. The van der Waals surface area contributed by atoms with Gasteiger partial charge >= 0.3 is 10.1 Å². The summed E-state index contributed by atoms with van der Waals surface area (Å²) in [6, 6.07) is 5.80. The van der Waals surface area contributed by atoms with E-state index in [1.165, 1.54) is 37.3 Å². The van der Waals surface area contributed by atoms with Crippen LogP contribution in [0.5, 0.6) is 5.75 Å². The van der Waals surface area contributed by atoms with Crippen molar-refractivity contribution in [1.82, 2.24) is 5.01 Å². The minimum atomic E-state index is -3.66. The molecule has 0 unspecified atom stereocenters. The molecule has 0 radical (unpaired) electrons. The molecule has 0 spiro atoms. The molecule has 0 atom stereocenters. The molecular weight excluding hydrogens is 428 g/mol. The number of carbonyl (C=O) groups is 1. The Kier molecular flexibility index (Phi) is 5.16. The minimum Gasteiger partial charge on any atom is -0.383 e. The summed E-state index contributed by atoms with van der Waals surface area (Å²) in [6.07, 6.45) is 2.30. The van der Waals surface area contributed by atoms with Crippen LogP contribution in [0.1, 0.15) is 12.5 Å². The van der Waals surface area contributed by atoms with E-state index < -0.39 is 25.9 Å². The number of carbonyl (C=O) groups excluding carboxylic acids is 1. The number of sulfone groups is 1. The maximum Gasteiger partial charge on any atom is 0.306 e. The van der Waals surface area contributed by atoms with Crippen LogP contribution in [0.4, 0.5) is 0 Å². The average molecular weight is 443 g/mol. The van der Waals surface area contributed by atoms with E-state index in [2.05, 4.69) is 10.1 Å². The summed E-state index contributed by atoms with van der Waals surface area (Å²) >= 11 is 0.725. The molecule has 10 nitrogen and oxygen atoms in total. The highest BCUT2D eigenvalue weighted by Crippen LogP contribution is 2.30. The predicted octanol–water partition coefficient (Wildman–Crippen LogP) is 1.04. The van der Waals surface area contributed by atoms with Gasteiger partial charge in [-0.3, -0.25) is 10.2 Å². The van der Waals surface area contributed by atoms with E-state index in [0.29, 0.717) is 5.56 Å². The van der Waals surface area contributed by atoms with Crippen molar-refractivity contribution in [3.8, 4) is 5.75 Å². The minimum absolute atomic E-state index is 0.0103. The molecule has 1 amide bonds. The summed E-state index contributed by atoms with van der Waals surface area (Å²) in [5, 5.41) is 13.1. The second-order valence-corrected chi connectivity index (χ2v) is 10.6. The lowest BCUT2D eigenvalue weighted by molar-refractivity contribution is -0.114. The van der Waals surface area contributed by atoms with Gasteiger partial charge in [-0.05, 0) is 35.5 Å². The quantitative estimate of drug-likeness (QED) is 0.537. The molecule has 1 aromatic rings. The van der Waals surface area contributed by atoms with E-state index >= 15 is 0 Å². The van der Waals surface area contributed by atoms with Gasteiger partial charge in [-0.1, -0.05) is 19.1 Å². The van der Waals surface area contributed by atoms with Gasteiger partial charge in [0, 0.05) is 0 Å². The third-order valence-corrected chi connectivity index (χ3v) is 7.10. The summed E-state index contributed by atoms with van der Waals surface area (Å²) in [7, 11) is -7.25. The van der Waals surface area contributed by atoms with Crippen LogP contribution in [0.15, 0.2) is 39.9 Å². The Morgan fingerprint density at radius 1 is 1.21 bits per heavy atom. The molecule has 0 saturated heterocycles. The Morgan fingerprint density at radius 3 is 2.43 bits per heavy atom. The number of benzene rings is 1. The Bertz CT molecular complexity index is 1160. The van der Waals surface area contributed by atoms with Crippen molar-refractivity contribution < 1.29 is 25.8 Å². The second kappa shape index (κ2) is 7.14. The molecule has 0 fully saturated rings.